The fourth-order valence-corrected chi connectivity index (χ4v) is 3.53. The second-order valence-electron chi connectivity index (χ2n) is 6.32. The second kappa shape index (κ2) is 6.93. The van der Waals surface area contributed by atoms with E-state index >= 15 is 0 Å². The summed E-state index contributed by atoms with van der Waals surface area (Å²) in [5, 5.41) is 8.13. The van der Waals surface area contributed by atoms with Gasteiger partial charge in [-0.2, -0.15) is 0 Å². The van der Waals surface area contributed by atoms with Gasteiger partial charge in [0.2, 0.25) is 0 Å². The van der Waals surface area contributed by atoms with Gasteiger partial charge in [-0.1, -0.05) is 24.3 Å². The number of ether oxygens (including phenoxy) is 2. The van der Waals surface area contributed by atoms with Crippen LogP contribution in [0.15, 0.2) is 30.6 Å². The van der Waals surface area contributed by atoms with Gasteiger partial charge < -0.3 is 18.9 Å². The highest BCUT2D eigenvalue weighted by Crippen LogP contribution is 2.30. The van der Waals surface area contributed by atoms with E-state index < -0.39 is 6.10 Å². The number of hydrogen-bond donors (Lipinski definition) is 0. The number of aryl methyl sites for hydroxylation is 1. The number of carbonyl (C=O) groups excluding carboxylic acids is 1. The molecule has 0 radical (unpaired) electrons. The van der Waals surface area contributed by atoms with Crippen LogP contribution in [0.2, 0.25) is 0 Å². The van der Waals surface area contributed by atoms with Crippen LogP contribution >= 0.6 is 0 Å². The van der Waals surface area contributed by atoms with Crippen molar-refractivity contribution in [1.29, 1.82) is 0 Å². The highest BCUT2D eigenvalue weighted by molar-refractivity contribution is 5.83. The van der Waals surface area contributed by atoms with Crippen molar-refractivity contribution >= 4 is 5.91 Å². The van der Waals surface area contributed by atoms with Gasteiger partial charge in [0.25, 0.3) is 5.91 Å². The van der Waals surface area contributed by atoms with Crippen molar-refractivity contribution < 1.29 is 14.3 Å². The largest absolute Gasteiger partial charge is 0.366 e. The molecule has 0 N–H and O–H groups in total. The Hall–Kier alpha value is -2.25. The van der Waals surface area contributed by atoms with E-state index in [0.29, 0.717) is 26.3 Å². The average Bonchev–Trinajstić information content (AvgIpc) is 3.16. The zero-order valence-corrected chi connectivity index (χ0v) is 14.3. The molecule has 2 aromatic rings. The summed E-state index contributed by atoms with van der Waals surface area (Å²) in [7, 11) is 0. The molecule has 0 aliphatic carbocycles. The van der Waals surface area contributed by atoms with Gasteiger partial charge in [-0.25, -0.2) is 0 Å². The van der Waals surface area contributed by atoms with Gasteiger partial charge in [-0.15, -0.1) is 10.2 Å². The normalized spacial score (nSPS) is 23.3. The van der Waals surface area contributed by atoms with Gasteiger partial charge in [-0.05, 0) is 24.5 Å². The lowest BCUT2D eigenvalue weighted by Crippen LogP contribution is -2.46. The summed E-state index contributed by atoms with van der Waals surface area (Å²) in [6, 6.07) is 8.03. The lowest BCUT2D eigenvalue weighted by atomic mass is 9.96. The van der Waals surface area contributed by atoms with Crippen molar-refractivity contribution in [2.45, 2.75) is 32.1 Å². The summed E-state index contributed by atoms with van der Waals surface area (Å²) >= 11 is 0. The predicted octanol–water partition coefficient (Wildman–Crippen LogP) is 1.51. The smallest absolute Gasteiger partial charge is 0.256 e. The third-order valence-corrected chi connectivity index (χ3v) is 4.87. The summed E-state index contributed by atoms with van der Waals surface area (Å²) in [5.74, 6) is 0.771. The van der Waals surface area contributed by atoms with Crippen LogP contribution in [0.5, 0.6) is 0 Å². The Morgan fingerprint density at radius 1 is 1.28 bits per heavy atom. The van der Waals surface area contributed by atoms with Crippen LogP contribution < -0.4 is 0 Å². The zero-order chi connectivity index (χ0) is 17.2. The van der Waals surface area contributed by atoms with Gasteiger partial charge in [0.15, 0.2) is 11.9 Å². The number of hydrogen-bond acceptors (Lipinski definition) is 5. The van der Waals surface area contributed by atoms with Crippen molar-refractivity contribution in [2.75, 3.05) is 26.3 Å². The van der Waals surface area contributed by atoms with Crippen molar-refractivity contribution in [1.82, 2.24) is 19.7 Å². The summed E-state index contributed by atoms with van der Waals surface area (Å²) in [4.78, 5) is 14.9. The first kappa shape index (κ1) is 16.2. The molecular formula is C18H22N4O3. The van der Waals surface area contributed by atoms with E-state index in [1.54, 1.807) is 6.33 Å². The number of fused-ring (bicyclic) bond motifs is 1. The quantitative estimate of drug-likeness (QED) is 0.846. The summed E-state index contributed by atoms with van der Waals surface area (Å²) in [5.41, 5.74) is 2.18. The van der Waals surface area contributed by atoms with Gasteiger partial charge in [0.05, 0.1) is 19.8 Å². The molecule has 132 valence electrons. The monoisotopic (exact) mass is 342 g/mol. The first-order valence-electron chi connectivity index (χ1n) is 8.75. The molecule has 2 aliphatic heterocycles. The second-order valence-corrected chi connectivity index (χ2v) is 6.32. The molecule has 4 rings (SSSR count). The molecule has 7 nitrogen and oxygen atoms in total. The number of morpholine rings is 1. The van der Waals surface area contributed by atoms with Crippen LogP contribution in [0.3, 0.4) is 0 Å². The molecule has 1 saturated heterocycles. The highest BCUT2D eigenvalue weighted by Gasteiger charge is 2.35. The van der Waals surface area contributed by atoms with E-state index in [9.17, 15) is 4.79 Å². The maximum atomic E-state index is 13.1. The molecule has 0 saturated carbocycles. The maximum Gasteiger partial charge on any atom is 0.256 e. The SMILES string of the molecule is CCn1cnnc1[C@@H]1CN(C(=O)[C@@H]2OCCc3ccccc32)CCO1. The molecule has 25 heavy (non-hydrogen) atoms. The van der Waals surface area contributed by atoms with Crippen molar-refractivity contribution in [2.24, 2.45) is 0 Å². The molecule has 0 spiro atoms. The molecule has 0 unspecified atom stereocenters. The fraction of sp³-hybridized carbons (Fsp3) is 0.500. The summed E-state index contributed by atoms with van der Waals surface area (Å²) in [6.07, 6.45) is 1.78. The van der Waals surface area contributed by atoms with Gasteiger partial charge >= 0.3 is 0 Å². The Kier molecular flexibility index (Phi) is 4.50. The Morgan fingerprint density at radius 3 is 3.04 bits per heavy atom. The number of benzene rings is 1. The fourth-order valence-electron chi connectivity index (χ4n) is 3.53. The molecule has 1 aromatic heterocycles. The van der Waals surface area contributed by atoms with Gasteiger partial charge in [0, 0.05) is 13.1 Å². The minimum Gasteiger partial charge on any atom is -0.366 e. The van der Waals surface area contributed by atoms with Crippen LogP contribution in [0.4, 0.5) is 0 Å². The van der Waals surface area contributed by atoms with E-state index in [1.807, 2.05) is 34.6 Å². The van der Waals surface area contributed by atoms with E-state index in [2.05, 4.69) is 16.3 Å². The number of aromatic nitrogens is 3. The van der Waals surface area contributed by atoms with E-state index in [4.69, 9.17) is 9.47 Å². The van der Waals surface area contributed by atoms with Crippen LogP contribution in [0.25, 0.3) is 0 Å². The molecule has 2 atom stereocenters. The first-order chi connectivity index (χ1) is 12.3. The maximum absolute atomic E-state index is 13.1. The minimum atomic E-state index is -0.521. The van der Waals surface area contributed by atoms with Gasteiger partial charge in [-0.3, -0.25) is 4.79 Å². The zero-order valence-electron chi connectivity index (χ0n) is 14.3. The van der Waals surface area contributed by atoms with Crippen molar-refractivity contribution in [3.05, 3.63) is 47.5 Å². The van der Waals surface area contributed by atoms with Crippen LogP contribution in [-0.4, -0.2) is 51.9 Å². The first-order valence-corrected chi connectivity index (χ1v) is 8.75. The predicted molar refractivity (Wildman–Crippen MR) is 89.8 cm³/mol. The average molecular weight is 342 g/mol. The standard InChI is InChI=1S/C18H22N4O3/c1-2-21-12-19-20-17(21)15-11-22(8-10-24-15)18(23)16-14-6-4-3-5-13(14)7-9-25-16/h3-6,12,15-16H,2,7-11H2,1H3/t15-,16+/m0/s1. The van der Waals surface area contributed by atoms with Gasteiger partial charge in [0.1, 0.15) is 12.4 Å². The molecule has 1 aromatic carbocycles. The number of amides is 1. The van der Waals surface area contributed by atoms with Crippen LogP contribution in [-0.2, 0) is 27.2 Å². The Balaban J connectivity index is 1.53. The Bertz CT molecular complexity index is 760. The van der Waals surface area contributed by atoms with E-state index in [1.165, 1.54) is 5.56 Å². The number of rotatable bonds is 3. The molecule has 1 amide bonds. The lowest BCUT2D eigenvalue weighted by molar-refractivity contribution is -0.153. The number of nitrogens with zero attached hydrogens (tertiary/aromatic N) is 4. The van der Waals surface area contributed by atoms with E-state index in [0.717, 1.165) is 24.4 Å². The third-order valence-electron chi connectivity index (χ3n) is 4.87. The molecule has 7 heteroatoms. The third kappa shape index (κ3) is 3.05. The van der Waals surface area contributed by atoms with Crippen molar-refractivity contribution in [3.63, 3.8) is 0 Å². The summed E-state index contributed by atoms with van der Waals surface area (Å²) < 4.78 is 13.6. The molecule has 0 bridgehead atoms. The highest BCUT2D eigenvalue weighted by atomic mass is 16.5. The lowest BCUT2D eigenvalue weighted by Gasteiger charge is -2.36. The topological polar surface area (TPSA) is 69.5 Å². The molecule has 2 aliphatic rings. The molecular weight excluding hydrogens is 320 g/mol. The Labute approximate surface area is 146 Å². The van der Waals surface area contributed by atoms with E-state index in [-0.39, 0.29) is 12.0 Å². The van der Waals surface area contributed by atoms with Crippen molar-refractivity contribution in [3.8, 4) is 0 Å². The van der Waals surface area contributed by atoms with Crippen LogP contribution in [0.1, 0.15) is 36.1 Å². The number of carbonyl (C=O) groups is 1. The molecule has 1 fully saturated rings. The van der Waals surface area contributed by atoms with Crippen LogP contribution in [0, 0.1) is 0 Å². The Morgan fingerprint density at radius 2 is 2.16 bits per heavy atom. The summed E-state index contributed by atoms with van der Waals surface area (Å²) in [6.45, 7) is 4.91. The minimum absolute atomic E-state index is 0.00279. The molecule has 3 heterocycles.